The minimum absolute atomic E-state index is 0.00769. The molecule has 1 atom stereocenters. The summed E-state index contributed by atoms with van der Waals surface area (Å²) in [6, 6.07) is 5.97. The van der Waals surface area contributed by atoms with Crippen LogP contribution in [0.2, 0.25) is 0 Å². The van der Waals surface area contributed by atoms with Crippen molar-refractivity contribution in [2.75, 3.05) is 0 Å². The number of allylic oxidation sites excluding steroid dienone is 5. The summed E-state index contributed by atoms with van der Waals surface area (Å²) in [6.45, 7) is 1.98. The van der Waals surface area contributed by atoms with Crippen LogP contribution in [0.3, 0.4) is 0 Å². The Labute approximate surface area is 121 Å². The molecule has 1 unspecified atom stereocenters. The minimum Gasteiger partial charge on any atom is -0.460 e. The lowest BCUT2D eigenvalue weighted by Crippen LogP contribution is -2.23. The van der Waals surface area contributed by atoms with Gasteiger partial charge in [-0.15, -0.1) is 0 Å². The summed E-state index contributed by atoms with van der Waals surface area (Å²) in [4.78, 5) is 22.4. The van der Waals surface area contributed by atoms with Crippen LogP contribution in [-0.2, 0) is 9.53 Å². The fraction of sp³-hybridized carbons (Fsp3) is 0.188. The van der Waals surface area contributed by atoms with Crippen LogP contribution in [0, 0.1) is 16.0 Å². The van der Waals surface area contributed by atoms with E-state index in [0.29, 0.717) is 23.5 Å². The van der Waals surface area contributed by atoms with E-state index in [1.54, 1.807) is 12.1 Å². The first kappa shape index (κ1) is 13.3. The standard InChI is InChI=1S/C16H13NO4/c1-10-2-7-15-13(8-10)14(18)9-16(21-15)11-3-5-12(6-4-11)17(19)20/h2-7,9,13H,8H2,1H3. The first-order valence-corrected chi connectivity index (χ1v) is 6.60. The second-order valence-corrected chi connectivity index (χ2v) is 5.16. The number of nitro benzene ring substituents is 1. The molecule has 106 valence electrons. The van der Waals surface area contributed by atoms with Crippen molar-refractivity contribution < 1.29 is 14.5 Å². The van der Waals surface area contributed by atoms with Gasteiger partial charge in [0.25, 0.3) is 5.69 Å². The number of ketones is 1. The van der Waals surface area contributed by atoms with Crippen molar-refractivity contribution in [3.63, 3.8) is 0 Å². The topological polar surface area (TPSA) is 69.4 Å². The Bertz CT molecular complexity index is 710. The molecule has 1 aromatic carbocycles. The van der Waals surface area contributed by atoms with Crippen LogP contribution in [0.25, 0.3) is 5.76 Å². The van der Waals surface area contributed by atoms with Crippen LogP contribution in [0.4, 0.5) is 5.69 Å². The lowest BCUT2D eigenvalue weighted by atomic mass is 9.87. The zero-order chi connectivity index (χ0) is 15.0. The molecule has 0 amide bonds. The number of nitrogens with zero attached hydrogens (tertiary/aromatic N) is 1. The summed E-state index contributed by atoms with van der Waals surface area (Å²) in [5.74, 6) is 0.844. The summed E-state index contributed by atoms with van der Waals surface area (Å²) in [5.41, 5.74) is 1.81. The molecule has 0 fully saturated rings. The molecule has 2 aliphatic rings. The third-order valence-electron chi connectivity index (χ3n) is 3.61. The monoisotopic (exact) mass is 283 g/mol. The summed E-state index contributed by atoms with van der Waals surface area (Å²) >= 11 is 0. The molecule has 1 heterocycles. The maximum atomic E-state index is 12.2. The molecule has 0 spiro atoms. The van der Waals surface area contributed by atoms with E-state index in [0.717, 1.165) is 5.57 Å². The van der Waals surface area contributed by atoms with Gasteiger partial charge in [0, 0.05) is 23.8 Å². The quantitative estimate of drug-likeness (QED) is 0.616. The maximum absolute atomic E-state index is 12.2. The Morgan fingerprint density at radius 2 is 1.95 bits per heavy atom. The van der Waals surface area contributed by atoms with Crippen LogP contribution < -0.4 is 0 Å². The number of ether oxygens (including phenoxy) is 1. The van der Waals surface area contributed by atoms with Gasteiger partial charge in [0.05, 0.1) is 10.8 Å². The first-order valence-electron chi connectivity index (χ1n) is 6.60. The highest BCUT2D eigenvalue weighted by molar-refractivity contribution is 6.00. The van der Waals surface area contributed by atoms with E-state index in [2.05, 4.69) is 0 Å². The number of hydrogen-bond acceptors (Lipinski definition) is 4. The van der Waals surface area contributed by atoms with Crippen molar-refractivity contribution in [3.05, 3.63) is 69.5 Å². The Hall–Kier alpha value is -2.69. The molecule has 21 heavy (non-hydrogen) atoms. The van der Waals surface area contributed by atoms with Crippen molar-refractivity contribution in [1.82, 2.24) is 0 Å². The van der Waals surface area contributed by atoms with Crippen LogP contribution in [0.5, 0.6) is 0 Å². The highest BCUT2D eigenvalue weighted by atomic mass is 16.6. The largest absolute Gasteiger partial charge is 0.460 e. The average Bonchev–Trinajstić information content (AvgIpc) is 2.48. The van der Waals surface area contributed by atoms with Gasteiger partial charge >= 0.3 is 0 Å². The van der Waals surface area contributed by atoms with Crippen LogP contribution in [0.1, 0.15) is 18.9 Å². The van der Waals surface area contributed by atoms with E-state index in [1.165, 1.54) is 18.2 Å². The molecule has 1 aliphatic heterocycles. The predicted molar refractivity (Wildman–Crippen MR) is 77.1 cm³/mol. The molecule has 0 radical (unpaired) electrons. The Balaban J connectivity index is 1.92. The molecule has 0 saturated carbocycles. The molecule has 5 heteroatoms. The fourth-order valence-electron chi connectivity index (χ4n) is 2.45. The lowest BCUT2D eigenvalue weighted by molar-refractivity contribution is -0.384. The molecule has 0 bridgehead atoms. The van der Waals surface area contributed by atoms with E-state index in [1.807, 2.05) is 19.1 Å². The van der Waals surface area contributed by atoms with Gasteiger partial charge in [-0.3, -0.25) is 14.9 Å². The Morgan fingerprint density at radius 1 is 1.24 bits per heavy atom. The van der Waals surface area contributed by atoms with Gasteiger partial charge in [-0.05, 0) is 31.6 Å². The van der Waals surface area contributed by atoms with Crippen molar-refractivity contribution in [2.24, 2.45) is 5.92 Å². The molecule has 0 aromatic heterocycles. The van der Waals surface area contributed by atoms with Crippen molar-refractivity contribution in [2.45, 2.75) is 13.3 Å². The van der Waals surface area contributed by atoms with Crippen LogP contribution >= 0.6 is 0 Å². The fourth-order valence-corrected chi connectivity index (χ4v) is 2.45. The summed E-state index contributed by atoms with van der Waals surface area (Å²) in [6.07, 6.45) is 5.91. The zero-order valence-electron chi connectivity index (χ0n) is 11.4. The summed E-state index contributed by atoms with van der Waals surface area (Å²) in [5, 5.41) is 10.6. The molecule has 1 aliphatic carbocycles. The first-order chi connectivity index (χ1) is 10.0. The maximum Gasteiger partial charge on any atom is 0.269 e. The average molecular weight is 283 g/mol. The number of rotatable bonds is 2. The van der Waals surface area contributed by atoms with Crippen molar-refractivity contribution in [1.29, 1.82) is 0 Å². The molecular formula is C16H13NO4. The number of fused-ring (bicyclic) bond motifs is 1. The van der Waals surface area contributed by atoms with Crippen LogP contribution in [0.15, 0.2) is 53.8 Å². The zero-order valence-corrected chi connectivity index (χ0v) is 11.4. The molecular weight excluding hydrogens is 270 g/mol. The van der Waals surface area contributed by atoms with E-state index in [-0.39, 0.29) is 17.4 Å². The number of non-ortho nitro benzene ring substituents is 1. The third kappa shape index (κ3) is 2.50. The number of benzene rings is 1. The van der Waals surface area contributed by atoms with Gasteiger partial charge < -0.3 is 4.74 Å². The van der Waals surface area contributed by atoms with Gasteiger partial charge in [0.1, 0.15) is 11.5 Å². The second kappa shape index (κ2) is 5.01. The summed E-state index contributed by atoms with van der Waals surface area (Å²) < 4.78 is 5.78. The number of carbonyl (C=O) groups is 1. The molecule has 3 rings (SSSR count). The second-order valence-electron chi connectivity index (χ2n) is 5.16. The van der Waals surface area contributed by atoms with Gasteiger partial charge in [0.15, 0.2) is 5.78 Å². The molecule has 0 saturated heterocycles. The normalized spacial score (nSPS) is 20.7. The highest BCUT2D eigenvalue weighted by Crippen LogP contribution is 2.35. The SMILES string of the molecule is CC1=CC=C2OC(c3ccc([N+](=O)[O-])cc3)=CC(=O)C2C1. The smallest absolute Gasteiger partial charge is 0.269 e. The van der Waals surface area contributed by atoms with E-state index >= 15 is 0 Å². The van der Waals surface area contributed by atoms with Gasteiger partial charge in [-0.1, -0.05) is 11.6 Å². The molecule has 0 N–H and O–H groups in total. The molecule has 1 aromatic rings. The van der Waals surface area contributed by atoms with Gasteiger partial charge in [-0.2, -0.15) is 0 Å². The Morgan fingerprint density at radius 3 is 2.62 bits per heavy atom. The number of carbonyl (C=O) groups excluding carboxylic acids is 1. The molecule has 5 nitrogen and oxygen atoms in total. The van der Waals surface area contributed by atoms with E-state index in [4.69, 9.17) is 4.74 Å². The van der Waals surface area contributed by atoms with Crippen molar-refractivity contribution in [3.8, 4) is 0 Å². The third-order valence-corrected chi connectivity index (χ3v) is 3.61. The van der Waals surface area contributed by atoms with Gasteiger partial charge in [-0.25, -0.2) is 0 Å². The van der Waals surface area contributed by atoms with Crippen molar-refractivity contribution >= 4 is 17.2 Å². The van der Waals surface area contributed by atoms with E-state index < -0.39 is 4.92 Å². The Kier molecular flexibility index (Phi) is 3.17. The number of nitro groups is 1. The lowest BCUT2D eigenvalue weighted by Gasteiger charge is -2.27. The van der Waals surface area contributed by atoms with Crippen LogP contribution in [-0.4, -0.2) is 10.7 Å². The minimum atomic E-state index is -0.460. The van der Waals surface area contributed by atoms with Gasteiger partial charge in [0.2, 0.25) is 0 Å². The summed E-state index contributed by atoms with van der Waals surface area (Å²) in [7, 11) is 0. The number of hydrogen-bond donors (Lipinski definition) is 0. The highest BCUT2D eigenvalue weighted by Gasteiger charge is 2.31. The predicted octanol–water partition coefficient (Wildman–Crippen LogP) is 3.39. The van der Waals surface area contributed by atoms with E-state index in [9.17, 15) is 14.9 Å².